The third kappa shape index (κ3) is 5.06. The summed E-state index contributed by atoms with van der Waals surface area (Å²) in [7, 11) is 1.59. The van der Waals surface area contributed by atoms with E-state index in [1.807, 2.05) is 85.8 Å². The zero-order valence-corrected chi connectivity index (χ0v) is 22.8. The molecule has 5 aromatic rings. The summed E-state index contributed by atoms with van der Waals surface area (Å²) in [6.45, 7) is 4.35. The molecule has 1 N–H and O–H groups in total. The first-order valence-corrected chi connectivity index (χ1v) is 13.3. The normalized spacial score (nSPS) is 11.1. The van der Waals surface area contributed by atoms with Crippen molar-refractivity contribution < 1.29 is 14.3 Å². The number of amides is 1. The Labute approximate surface area is 232 Å². The number of carbonyl (C=O) groups is 2. The van der Waals surface area contributed by atoms with Gasteiger partial charge in [-0.3, -0.25) is 9.48 Å². The molecule has 1 heterocycles. The summed E-state index contributed by atoms with van der Waals surface area (Å²) in [5.74, 6) is -0.594. The highest BCUT2D eigenvalue weighted by Gasteiger charge is 2.25. The van der Waals surface area contributed by atoms with Gasteiger partial charge in [-0.05, 0) is 53.3 Å². The van der Waals surface area contributed by atoms with Gasteiger partial charge in [0, 0.05) is 13.6 Å². The molecule has 40 heavy (non-hydrogen) atoms. The largest absolute Gasteiger partial charge is 0.449 e. The Hall–Kier alpha value is -4.91. The third-order valence-corrected chi connectivity index (χ3v) is 7.23. The number of rotatable bonds is 7. The van der Waals surface area contributed by atoms with Crippen molar-refractivity contribution in [3.8, 4) is 0 Å². The second-order valence-electron chi connectivity index (χ2n) is 9.67. The Morgan fingerprint density at radius 3 is 2.10 bits per heavy atom. The molecule has 7 nitrogen and oxygen atoms in total. The van der Waals surface area contributed by atoms with E-state index in [9.17, 15) is 14.4 Å². The van der Waals surface area contributed by atoms with Gasteiger partial charge in [0.15, 0.2) is 6.10 Å². The SMILES string of the molecule is CCc1cccc(C)c1CNC(=O)n1c(=O)c2cccc(C(=O)OC(c3ccccc3)c3ccccc3)c2n1C. The number of nitrogens with zero attached hydrogens (tertiary/aromatic N) is 2. The van der Waals surface area contributed by atoms with E-state index >= 15 is 0 Å². The standard InChI is InChI=1S/C33H31N3O4/c1-4-23-18-11-13-22(2)28(23)21-34-33(39)36-31(37)26-19-12-20-27(29(26)35(36)3)32(38)40-30(24-14-7-5-8-15-24)25-16-9-6-10-17-25/h5-20,30H,4,21H2,1-3H3,(H,34,39). The molecule has 0 atom stereocenters. The van der Waals surface area contributed by atoms with Crippen molar-refractivity contribution in [1.82, 2.24) is 14.7 Å². The molecule has 0 saturated heterocycles. The van der Waals surface area contributed by atoms with Crippen molar-refractivity contribution >= 4 is 22.9 Å². The molecule has 0 aliphatic heterocycles. The number of hydrogen-bond donors (Lipinski definition) is 1. The molecule has 0 spiro atoms. The second-order valence-corrected chi connectivity index (χ2v) is 9.67. The summed E-state index contributed by atoms with van der Waals surface area (Å²) >= 11 is 0. The highest BCUT2D eigenvalue weighted by atomic mass is 16.5. The molecule has 0 fully saturated rings. The maximum absolute atomic E-state index is 13.6. The van der Waals surface area contributed by atoms with Crippen LogP contribution in [0.25, 0.3) is 10.9 Å². The summed E-state index contributed by atoms with van der Waals surface area (Å²) in [5.41, 5.74) is 4.91. The predicted octanol–water partition coefficient (Wildman–Crippen LogP) is 5.92. The topological polar surface area (TPSA) is 82.3 Å². The molecule has 0 bridgehead atoms. The first kappa shape index (κ1) is 26.7. The number of esters is 1. The van der Waals surface area contributed by atoms with E-state index in [1.54, 1.807) is 25.2 Å². The summed E-state index contributed by atoms with van der Waals surface area (Å²) < 4.78 is 8.51. The van der Waals surface area contributed by atoms with Crippen LogP contribution in [0, 0.1) is 6.92 Å². The average molecular weight is 534 g/mol. The van der Waals surface area contributed by atoms with Gasteiger partial charge in [0.25, 0.3) is 5.56 Å². The maximum Gasteiger partial charge on any atom is 0.344 e. The van der Waals surface area contributed by atoms with Gasteiger partial charge in [-0.15, -0.1) is 0 Å². The van der Waals surface area contributed by atoms with Gasteiger partial charge in [-0.25, -0.2) is 9.59 Å². The molecule has 1 amide bonds. The van der Waals surface area contributed by atoms with Gasteiger partial charge in [0.05, 0.1) is 16.5 Å². The molecule has 1 aromatic heterocycles. The fourth-order valence-corrected chi connectivity index (χ4v) is 5.15. The summed E-state index contributed by atoms with van der Waals surface area (Å²) in [5, 5.41) is 3.14. The van der Waals surface area contributed by atoms with Crippen molar-refractivity contribution in [1.29, 1.82) is 0 Å². The van der Waals surface area contributed by atoms with E-state index in [2.05, 4.69) is 12.2 Å². The maximum atomic E-state index is 13.6. The minimum absolute atomic E-state index is 0.202. The van der Waals surface area contributed by atoms with Crippen LogP contribution in [-0.4, -0.2) is 21.4 Å². The molecule has 0 saturated carbocycles. The zero-order valence-electron chi connectivity index (χ0n) is 22.8. The molecule has 0 aliphatic carbocycles. The molecule has 202 valence electrons. The van der Waals surface area contributed by atoms with Gasteiger partial charge >= 0.3 is 12.0 Å². The van der Waals surface area contributed by atoms with Crippen LogP contribution in [-0.2, 0) is 24.8 Å². The van der Waals surface area contributed by atoms with Gasteiger partial charge in [-0.2, -0.15) is 4.68 Å². The van der Waals surface area contributed by atoms with Crippen LogP contribution < -0.4 is 10.9 Å². The van der Waals surface area contributed by atoms with E-state index in [1.165, 1.54) is 4.68 Å². The van der Waals surface area contributed by atoms with E-state index in [0.717, 1.165) is 38.9 Å². The summed E-state index contributed by atoms with van der Waals surface area (Å²) in [4.78, 5) is 40.3. The van der Waals surface area contributed by atoms with Crippen LogP contribution in [0.15, 0.2) is 102 Å². The number of aromatic nitrogens is 2. The van der Waals surface area contributed by atoms with Crippen molar-refractivity contribution in [2.75, 3.05) is 0 Å². The van der Waals surface area contributed by atoms with Crippen LogP contribution in [0.3, 0.4) is 0 Å². The van der Waals surface area contributed by atoms with Crippen molar-refractivity contribution in [2.45, 2.75) is 32.9 Å². The Balaban J connectivity index is 1.48. The Morgan fingerprint density at radius 2 is 1.48 bits per heavy atom. The Morgan fingerprint density at radius 1 is 0.850 bits per heavy atom. The highest BCUT2D eigenvalue weighted by Crippen LogP contribution is 2.28. The van der Waals surface area contributed by atoms with Crippen molar-refractivity contribution in [2.24, 2.45) is 7.05 Å². The molecule has 0 unspecified atom stereocenters. The predicted molar refractivity (Wildman–Crippen MR) is 156 cm³/mol. The van der Waals surface area contributed by atoms with Crippen LogP contribution in [0.4, 0.5) is 4.79 Å². The fourth-order valence-electron chi connectivity index (χ4n) is 5.15. The third-order valence-electron chi connectivity index (χ3n) is 7.23. The fraction of sp³-hybridized carbons (Fsp3) is 0.182. The molecule has 0 radical (unpaired) electrons. The lowest BCUT2D eigenvalue weighted by molar-refractivity contribution is 0.0380. The molecule has 7 heteroatoms. The van der Waals surface area contributed by atoms with E-state index in [4.69, 9.17) is 4.74 Å². The number of benzene rings is 4. The average Bonchev–Trinajstić information content (AvgIpc) is 3.25. The number of nitrogens with one attached hydrogen (secondary N) is 1. The van der Waals surface area contributed by atoms with Gasteiger partial charge in [0.2, 0.25) is 0 Å². The van der Waals surface area contributed by atoms with E-state index in [-0.39, 0.29) is 17.5 Å². The van der Waals surface area contributed by atoms with E-state index in [0.29, 0.717) is 5.52 Å². The lowest BCUT2D eigenvalue weighted by Gasteiger charge is -2.19. The number of carbonyl (C=O) groups excluding carboxylic acids is 2. The Bertz CT molecular complexity index is 1700. The lowest BCUT2D eigenvalue weighted by atomic mass is 10.0. The minimum atomic E-state index is -0.644. The Kier molecular flexibility index (Phi) is 7.64. The smallest absolute Gasteiger partial charge is 0.344 e. The van der Waals surface area contributed by atoms with Crippen molar-refractivity contribution in [3.05, 3.63) is 141 Å². The number of hydrogen-bond acceptors (Lipinski definition) is 4. The monoisotopic (exact) mass is 533 g/mol. The minimum Gasteiger partial charge on any atom is -0.449 e. The van der Waals surface area contributed by atoms with Gasteiger partial charge in [-0.1, -0.05) is 91.9 Å². The number of ether oxygens (including phenoxy) is 1. The quantitative estimate of drug-likeness (QED) is 0.264. The second kappa shape index (κ2) is 11.5. The summed E-state index contributed by atoms with van der Waals surface area (Å²) in [6, 6.07) is 29.3. The van der Waals surface area contributed by atoms with Crippen LogP contribution >= 0.6 is 0 Å². The molecule has 4 aromatic carbocycles. The first-order chi connectivity index (χ1) is 19.4. The van der Waals surface area contributed by atoms with Crippen LogP contribution in [0.2, 0.25) is 0 Å². The molecule has 0 aliphatic rings. The van der Waals surface area contributed by atoms with Gasteiger partial charge < -0.3 is 10.1 Å². The molecular formula is C33H31N3O4. The number of fused-ring (bicyclic) bond motifs is 1. The summed E-state index contributed by atoms with van der Waals surface area (Å²) in [6.07, 6.45) is 0.189. The highest BCUT2D eigenvalue weighted by molar-refractivity contribution is 6.03. The number of para-hydroxylation sites is 1. The first-order valence-electron chi connectivity index (χ1n) is 13.3. The van der Waals surface area contributed by atoms with Crippen LogP contribution in [0.5, 0.6) is 0 Å². The lowest BCUT2D eigenvalue weighted by Crippen LogP contribution is -2.37. The molecule has 5 rings (SSSR count). The van der Waals surface area contributed by atoms with Crippen LogP contribution in [0.1, 0.15) is 51.2 Å². The van der Waals surface area contributed by atoms with E-state index < -0.39 is 23.7 Å². The molecular weight excluding hydrogens is 502 g/mol. The van der Waals surface area contributed by atoms with Gasteiger partial charge in [0.1, 0.15) is 0 Å². The number of aryl methyl sites for hydroxylation is 3. The zero-order chi connectivity index (χ0) is 28.2. The van der Waals surface area contributed by atoms with Crippen molar-refractivity contribution in [3.63, 3.8) is 0 Å².